The molecule has 1 aromatic carbocycles. The van der Waals surface area contributed by atoms with Crippen LogP contribution in [0.3, 0.4) is 0 Å². The highest BCUT2D eigenvalue weighted by molar-refractivity contribution is 6.03. The summed E-state index contributed by atoms with van der Waals surface area (Å²) >= 11 is 0. The van der Waals surface area contributed by atoms with Crippen molar-refractivity contribution in [2.75, 3.05) is 0 Å². The highest BCUT2D eigenvalue weighted by Crippen LogP contribution is 2.76. The summed E-state index contributed by atoms with van der Waals surface area (Å²) in [5, 5.41) is 6.47. The van der Waals surface area contributed by atoms with E-state index in [1.165, 1.54) is 5.57 Å². The lowest BCUT2D eigenvalue weighted by Crippen LogP contribution is -2.68. The van der Waals surface area contributed by atoms with Crippen molar-refractivity contribution in [3.05, 3.63) is 47.0 Å². The van der Waals surface area contributed by atoms with Gasteiger partial charge in [-0.1, -0.05) is 113 Å². The van der Waals surface area contributed by atoms with Gasteiger partial charge in [0, 0.05) is 17.3 Å². The summed E-state index contributed by atoms with van der Waals surface area (Å²) < 4.78 is 12.3. The maximum atomic E-state index is 14.3. The summed E-state index contributed by atoms with van der Waals surface area (Å²) in [6.07, 6.45) is 8.02. The van der Waals surface area contributed by atoms with Crippen molar-refractivity contribution < 1.29 is 33.4 Å². The van der Waals surface area contributed by atoms with Gasteiger partial charge in [0.25, 0.3) is 0 Å². The van der Waals surface area contributed by atoms with Crippen molar-refractivity contribution in [3.63, 3.8) is 0 Å². The van der Waals surface area contributed by atoms with Gasteiger partial charge >= 0.3 is 11.9 Å². The Balaban J connectivity index is 1.08. The van der Waals surface area contributed by atoms with E-state index < -0.39 is 21.9 Å². The predicted octanol–water partition coefficient (Wildman–Crippen LogP) is 10.1. The van der Waals surface area contributed by atoms with E-state index in [2.05, 4.69) is 59.1 Å². The number of carbonyl (C=O) groups excluding carboxylic acids is 5. The van der Waals surface area contributed by atoms with E-state index in [0.29, 0.717) is 24.7 Å². The number of allylic oxidation sites excluding steroid dienone is 1. The Labute approximate surface area is 372 Å². The van der Waals surface area contributed by atoms with E-state index in [1.807, 2.05) is 65.0 Å². The van der Waals surface area contributed by atoms with Crippen molar-refractivity contribution in [1.29, 1.82) is 0 Å². The number of carbonyl (C=O) groups is 5. The van der Waals surface area contributed by atoms with Crippen LogP contribution in [0.1, 0.15) is 167 Å². The number of Topliss-reactive ketones (excluding diaryl/α,β-unsaturated/α-hetero) is 1. The first-order chi connectivity index (χ1) is 28.6. The largest absolute Gasteiger partial charge is 0.462 e. The van der Waals surface area contributed by atoms with Crippen molar-refractivity contribution in [1.82, 2.24) is 10.6 Å². The molecule has 6 aliphatic rings. The van der Waals surface area contributed by atoms with E-state index in [1.54, 1.807) is 13.8 Å². The average Bonchev–Trinajstić information content (AvgIpc) is 3.46. The van der Waals surface area contributed by atoms with Crippen LogP contribution >= 0.6 is 0 Å². The third-order valence-corrected chi connectivity index (χ3v) is 18.7. The number of esters is 2. The minimum Gasteiger partial charge on any atom is -0.462 e. The molecule has 0 heterocycles. The Morgan fingerprint density at radius 1 is 0.742 bits per heavy atom. The van der Waals surface area contributed by atoms with Crippen molar-refractivity contribution in [2.45, 2.75) is 185 Å². The molecule has 10 atom stereocenters. The lowest BCUT2D eigenvalue weighted by Gasteiger charge is -2.72. The molecule has 6 aliphatic carbocycles. The molecule has 342 valence electrons. The molecular weight excluding hydrogens is 777 g/mol. The average molecular weight is 855 g/mol. The van der Waals surface area contributed by atoms with Crippen molar-refractivity contribution >= 4 is 29.5 Å². The number of benzene rings is 1. The molecule has 1 aromatic rings. The standard InChI is InChI=1S/C53H78N2O7/c1-31(2)40-36(56)29-53(55-45(60)49(10,11)54-44(59)46(3,4)5)27-26-51(13)33(41(40)53)20-21-38-50(12)24-23-39(48(8,9)37(50)22-25-52(38,51)14)62-43(58)35-28-34(47(35,6)7)42(57)61-30-32-18-16-15-17-19-32/h15-19,31,33-35,37-39H,20-30H2,1-14H3,(H,54,59)(H,55,60)/t33-,34+,35-,37+,38-,39+,50+,51-,52-,53-/m1/s1. The Bertz CT molecular complexity index is 2020. The normalized spacial score (nSPS) is 37.2. The minimum atomic E-state index is -1.15. The highest BCUT2D eigenvalue weighted by Gasteiger charge is 2.71. The zero-order valence-electron chi connectivity index (χ0n) is 40.6. The molecule has 62 heavy (non-hydrogen) atoms. The van der Waals surface area contributed by atoms with Gasteiger partial charge in [-0.3, -0.25) is 24.0 Å². The maximum Gasteiger partial charge on any atom is 0.309 e. The van der Waals surface area contributed by atoms with Gasteiger partial charge in [-0.2, -0.15) is 0 Å². The molecule has 5 saturated carbocycles. The number of rotatable bonds is 9. The topological polar surface area (TPSA) is 128 Å². The van der Waals surface area contributed by atoms with Crippen LogP contribution in [0.4, 0.5) is 0 Å². The van der Waals surface area contributed by atoms with E-state index in [0.717, 1.165) is 56.1 Å². The molecule has 0 bridgehead atoms. The lowest BCUT2D eigenvalue weighted by molar-refractivity contribution is -0.235. The third-order valence-electron chi connectivity index (χ3n) is 18.7. The van der Waals surface area contributed by atoms with Crippen molar-refractivity contribution in [2.24, 2.45) is 68.0 Å². The first kappa shape index (κ1) is 46.5. The molecule has 9 nitrogen and oxygen atoms in total. The van der Waals surface area contributed by atoms with Crippen LogP contribution in [0, 0.1) is 68.0 Å². The quantitative estimate of drug-likeness (QED) is 0.237. The van der Waals surface area contributed by atoms with Gasteiger partial charge in [0.15, 0.2) is 5.78 Å². The van der Waals surface area contributed by atoms with Gasteiger partial charge < -0.3 is 20.1 Å². The van der Waals surface area contributed by atoms with E-state index in [-0.39, 0.29) is 94.0 Å². The van der Waals surface area contributed by atoms with E-state index in [9.17, 15) is 24.0 Å². The van der Waals surface area contributed by atoms with Crippen LogP contribution in [0.15, 0.2) is 41.5 Å². The van der Waals surface area contributed by atoms with Crippen LogP contribution in [-0.4, -0.2) is 46.7 Å². The van der Waals surface area contributed by atoms with Gasteiger partial charge in [-0.25, -0.2) is 0 Å². The Morgan fingerprint density at radius 2 is 1.39 bits per heavy atom. The number of hydrogen-bond acceptors (Lipinski definition) is 7. The maximum absolute atomic E-state index is 14.3. The predicted molar refractivity (Wildman–Crippen MR) is 241 cm³/mol. The molecule has 0 radical (unpaired) electrons. The molecule has 0 unspecified atom stereocenters. The molecule has 7 rings (SSSR count). The van der Waals surface area contributed by atoms with Crippen molar-refractivity contribution in [3.8, 4) is 0 Å². The second-order valence-corrected chi connectivity index (χ2v) is 24.6. The molecule has 0 aliphatic heterocycles. The fourth-order valence-electron chi connectivity index (χ4n) is 14.6. The molecule has 5 fully saturated rings. The molecule has 0 aromatic heterocycles. The summed E-state index contributed by atoms with van der Waals surface area (Å²) in [6, 6.07) is 9.68. The fraction of sp³-hybridized carbons (Fsp3) is 0.755. The van der Waals surface area contributed by atoms with Gasteiger partial charge in [0.1, 0.15) is 18.2 Å². The van der Waals surface area contributed by atoms with Gasteiger partial charge in [-0.15, -0.1) is 0 Å². The first-order valence-corrected chi connectivity index (χ1v) is 23.9. The number of nitrogens with one attached hydrogen (secondary N) is 2. The van der Waals surface area contributed by atoms with E-state index >= 15 is 0 Å². The SMILES string of the molecule is CC(C)C1=C2[C@H]3CC[C@@H]4[C@@]5(C)CC[C@H](OC(=O)[C@H]6C[C@@H](C(=O)OCc7ccccc7)C6(C)C)C(C)(C)[C@@H]5CC[C@@]4(C)[C@]3(C)CC[C@@]2(NC(=O)C(C)(C)NC(=O)C(C)(C)C)CC1=O. The van der Waals surface area contributed by atoms with Crippen LogP contribution in [0.25, 0.3) is 0 Å². The number of ether oxygens (including phenoxy) is 2. The Morgan fingerprint density at radius 3 is 2.00 bits per heavy atom. The smallest absolute Gasteiger partial charge is 0.309 e. The van der Waals surface area contributed by atoms with Crippen LogP contribution in [0.5, 0.6) is 0 Å². The first-order valence-electron chi connectivity index (χ1n) is 23.9. The number of hydrogen-bond donors (Lipinski definition) is 2. The number of fused-ring (bicyclic) bond motifs is 7. The highest BCUT2D eigenvalue weighted by atomic mass is 16.5. The second kappa shape index (κ2) is 15.3. The third kappa shape index (κ3) is 7.20. The van der Waals surface area contributed by atoms with Crippen LogP contribution in [0.2, 0.25) is 0 Å². The number of ketones is 1. The lowest BCUT2D eigenvalue weighted by atomic mass is 9.33. The summed E-state index contributed by atoms with van der Waals surface area (Å²) in [7, 11) is 0. The van der Waals surface area contributed by atoms with Gasteiger partial charge in [-0.05, 0) is 134 Å². The summed E-state index contributed by atoms with van der Waals surface area (Å²) in [5.41, 5.74) is -0.375. The van der Waals surface area contributed by atoms with Crippen LogP contribution < -0.4 is 10.6 Å². The second-order valence-electron chi connectivity index (χ2n) is 24.6. The van der Waals surface area contributed by atoms with Gasteiger partial charge in [0.2, 0.25) is 11.8 Å². The summed E-state index contributed by atoms with van der Waals surface area (Å²) in [4.78, 5) is 68.8. The van der Waals surface area contributed by atoms with Gasteiger partial charge in [0.05, 0.1) is 17.4 Å². The summed E-state index contributed by atoms with van der Waals surface area (Å²) in [6.45, 7) is 29.8. The zero-order valence-corrected chi connectivity index (χ0v) is 40.6. The molecule has 2 N–H and O–H groups in total. The molecule has 9 heteroatoms. The fourth-order valence-corrected chi connectivity index (χ4v) is 14.6. The zero-order chi connectivity index (χ0) is 45.8. The molecule has 0 spiro atoms. The van der Waals surface area contributed by atoms with E-state index in [4.69, 9.17) is 9.47 Å². The Kier molecular flexibility index (Phi) is 11.5. The molecular formula is C53H78N2O7. The summed E-state index contributed by atoms with van der Waals surface area (Å²) in [5.74, 6) is -0.407. The monoisotopic (exact) mass is 855 g/mol. The minimum absolute atomic E-state index is 0.00229. The van der Waals surface area contributed by atoms with Crippen LogP contribution in [-0.2, 0) is 40.1 Å². The number of amides is 2. The molecule has 0 saturated heterocycles. The molecule has 2 amide bonds. The Hall–Kier alpha value is -3.49.